The molecule has 5 rings (SSSR count). The monoisotopic (exact) mass is 2080 g/mol. The van der Waals surface area contributed by atoms with Crippen molar-refractivity contribution in [1.29, 1.82) is 0 Å². The largest absolute Gasteiger partial charge is 0.493 e. The second-order valence-electron chi connectivity index (χ2n) is 31.8. The summed E-state index contributed by atoms with van der Waals surface area (Å²) in [6.07, 6.45) is -17.2. The number of hydrogen-bond donors (Lipinski definition) is 20. The molecule has 52 nitrogen and oxygen atoms in total. The Balaban J connectivity index is 0.842. The molecule has 3 aromatic rings. The number of ether oxygens (including phenoxy) is 14. The van der Waals surface area contributed by atoms with Crippen molar-refractivity contribution in [2.75, 3.05) is 212 Å². The number of methoxy groups -OCH3 is 2. The van der Waals surface area contributed by atoms with Gasteiger partial charge in [0.15, 0.2) is 40.4 Å². The van der Waals surface area contributed by atoms with Crippen molar-refractivity contribution in [3.63, 3.8) is 0 Å². The zero-order valence-corrected chi connectivity index (χ0v) is 81.0. The number of carbonyl (C=O) groups excluding carboxylic acids is 16. The number of nitrogens with zero attached hydrogens (tertiary/aromatic N) is 2. The summed E-state index contributed by atoms with van der Waals surface area (Å²) in [5, 5.41) is 121. The molecule has 20 N–H and O–H groups in total. The van der Waals surface area contributed by atoms with E-state index in [9.17, 15) is 118 Å². The van der Waals surface area contributed by atoms with E-state index in [1.807, 2.05) is 0 Å². The van der Waals surface area contributed by atoms with Gasteiger partial charge < -0.3 is 175 Å². The normalized spacial score (nSPS) is 14.5. The highest BCUT2D eigenvalue weighted by Gasteiger charge is 2.36. The molecule has 3 heterocycles. The number of ketones is 1. The van der Waals surface area contributed by atoms with E-state index >= 15 is 8.78 Å². The van der Waals surface area contributed by atoms with Crippen LogP contribution in [0.15, 0.2) is 30.4 Å². The summed E-state index contributed by atoms with van der Waals surface area (Å²) in [7, 11) is 2.62. The maximum atomic E-state index is 16.2. The molecule has 0 aliphatic carbocycles. The Kier molecular flexibility index (Phi) is 58.6. The van der Waals surface area contributed by atoms with Crippen LogP contribution in [-0.2, 0) is 132 Å². The number of benzene rings is 2. The van der Waals surface area contributed by atoms with E-state index < -0.39 is 252 Å². The molecule has 2 aromatic carbocycles. The fourth-order valence-corrected chi connectivity index (χ4v) is 14.0. The third-order valence-corrected chi connectivity index (χ3v) is 21.9. The van der Waals surface area contributed by atoms with Crippen LogP contribution in [0.25, 0.3) is 10.1 Å². The van der Waals surface area contributed by atoms with Crippen LogP contribution in [0.3, 0.4) is 0 Å². The molecule has 55 heteroatoms. The predicted molar refractivity (Wildman–Crippen MR) is 492 cm³/mol. The predicted octanol–water partition coefficient (Wildman–Crippen LogP) is -8.10. The SMILES string of the molecule is CCOC(=O)CCC(=O)c1cc2c(F)c(OCCCOc3c(OC)cc4c(c3F)CN(C(=O)CCC(=O)O[C@@H](C)CNC(=O)CC[C@H](NC(=O)CN3C(=O)C=CC3=O)C(=O)NCC(=O)NCC(=O)NCC(=O)NCC(=O)NCCOCCOCCOCCOCCOCCOCCOCCOCCC(=O)N[C@@H](CCC(=O)NC[C@H](O)[C@@H](O)[C@H](O)[C@H](O)CO)C(=O)NC[C@H](O)[C@@H](O)[C@H](O)[C@H](O)CO)C4)c(OC)cc2s1. The third kappa shape index (κ3) is 46.2. The topological polar surface area (TPSA) is 731 Å². The van der Waals surface area contributed by atoms with E-state index in [2.05, 4.69) is 53.2 Å². The zero-order valence-electron chi connectivity index (χ0n) is 80.2. The van der Waals surface area contributed by atoms with Gasteiger partial charge in [-0.05, 0) is 44.4 Å². The van der Waals surface area contributed by atoms with Gasteiger partial charge >= 0.3 is 11.9 Å². The molecule has 808 valence electrons. The van der Waals surface area contributed by atoms with Crippen molar-refractivity contribution in [2.24, 2.45) is 0 Å². The minimum Gasteiger partial charge on any atom is -0.493 e. The molecule has 0 spiro atoms. The molecule has 13 amide bonds. The molecule has 2 aliphatic rings. The smallest absolute Gasteiger partial charge is 0.306 e. The minimum absolute atomic E-state index is 0.0249. The Bertz CT molecular complexity index is 4640. The number of imide groups is 1. The number of nitrogens with one attached hydrogen (secondary N) is 10. The Morgan fingerprint density at radius 3 is 1.36 bits per heavy atom. The van der Waals surface area contributed by atoms with Gasteiger partial charge in [-0.15, -0.1) is 11.3 Å². The van der Waals surface area contributed by atoms with Crippen LogP contribution in [0.4, 0.5) is 8.78 Å². The van der Waals surface area contributed by atoms with Crippen LogP contribution >= 0.6 is 11.3 Å². The lowest BCUT2D eigenvalue weighted by atomic mass is 10.0. The Hall–Kier alpha value is -11.6. The van der Waals surface area contributed by atoms with Gasteiger partial charge in [0.05, 0.1) is 216 Å². The number of thiophene rings is 1. The number of Topliss-reactive ketones (excluding diaryl/α,β-unsaturated/α-hetero) is 1. The molecule has 2 aliphatic heterocycles. The summed E-state index contributed by atoms with van der Waals surface area (Å²) in [4.78, 5) is 205. The average Bonchev–Trinajstić information content (AvgIpc) is 1.60. The van der Waals surface area contributed by atoms with E-state index in [1.165, 1.54) is 44.2 Å². The molecule has 144 heavy (non-hydrogen) atoms. The molecule has 0 fully saturated rings. The summed E-state index contributed by atoms with van der Waals surface area (Å²) in [5.74, 6) is -14.1. The number of esters is 2. The molecule has 0 radical (unpaired) electrons. The summed E-state index contributed by atoms with van der Waals surface area (Å²) >= 11 is 1.03. The maximum absolute atomic E-state index is 16.2. The third-order valence-electron chi connectivity index (χ3n) is 20.8. The first-order valence-electron chi connectivity index (χ1n) is 46.1. The zero-order chi connectivity index (χ0) is 106. The van der Waals surface area contributed by atoms with Crippen LogP contribution in [0.1, 0.15) is 98.9 Å². The molecule has 11 atom stereocenters. The first kappa shape index (κ1) is 123. The molecule has 1 aromatic heterocycles. The quantitative estimate of drug-likeness (QED) is 0.0108. The number of hydrogen-bond acceptors (Lipinski definition) is 41. The summed E-state index contributed by atoms with van der Waals surface area (Å²) in [6, 6.07) is 1.43. The van der Waals surface area contributed by atoms with E-state index in [0.717, 1.165) is 23.5 Å². The number of aliphatic hydroxyl groups is 10. The van der Waals surface area contributed by atoms with Crippen molar-refractivity contribution in [3.8, 4) is 23.0 Å². The van der Waals surface area contributed by atoms with Crippen molar-refractivity contribution in [2.45, 2.75) is 158 Å². The fourth-order valence-electron chi connectivity index (χ4n) is 12.9. The number of carbonyl (C=O) groups is 16. The molecule has 0 unspecified atom stereocenters. The second kappa shape index (κ2) is 68.7. The van der Waals surface area contributed by atoms with Crippen LogP contribution < -0.4 is 72.1 Å². The first-order valence-corrected chi connectivity index (χ1v) is 46.9. The number of rotatable bonds is 78. The van der Waals surface area contributed by atoms with Gasteiger partial charge in [-0.1, -0.05) is 0 Å². The van der Waals surface area contributed by atoms with Crippen molar-refractivity contribution in [1.82, 2.24) is 63.0 Å². The standard InChI is InChI=1S/C89H132F2N12O40S/c1-5-140-78(122)15-9-58(106)66-38-54-65(144-66)39-64(131-4)87(80(54)90)142-20-6-19-141-86-63(130-3)37-53-47-102(48-55(53)81(86)91)75(119)14-16-79(123)143-52(2)40-93-67(111)10-8-57(101-74(118)49-103-76(120)12-13-77(103)121)89(129)99-46-73(117)97-45-72(116)96-44-71(115)95-43-70(114)92-18-22-133-24-26-135-28-30-137-32-34-139-36-35-138-33-31-136-29-27-134-25-23-132-21-17-69(113)100-56(88(128)98-42-60(108)83(125)85(127)62(110)51-105)7-11-68(112)94-41-59(107)82(124)84(126)61(109)50-104/h12-13,37-39,52,56-57,59-62,82-85,104-105,107-110,124-127H,5-11,14-36,40-51H2,1-4H3,(H,92,114)(H,93,111)(H,94,112)(H,95,115)(H,96,116)(H,97,117)(H,98,128)(H,99,129)(H,100,113)(H,101,118)/t52-,56-,57-,59-,60-,61+,62+,82+,83+,84+,85+/m0/s1. The first-order chi connectivity index (χ1) is 68.9. The van der Waals surface area contributed by atoms with Crippen LogP contribution in [-0.4, -0.2) is 434 Å². The average molecular weight is 2080 g/mol. The van der Waals surface area contributed by atoms with E-state index in [1.54, 1.807) is 6.92 Å². The fraction of sp³-hybridized carbons (Fsp3) is 0.640. The van der Waals surface area contributed by atoms with E-state index in [0.29, 0.717) is 41.6 Å². The van der Waals surface area contributed by atoms with Gasteiger partial charge in [-0.2, -0.15) is 0 Å². The lowest BCUT2D eigenvalue weighted by Gasteiger charge is -2.26. The van der Waals surface area contributed by atoms with Gasteiger partial charge in [0, 0.05) is 105 Å². The van der Waals surface area contributed by atoms with Gasteiger partial charge in [-0.3, -0.25) is 81.6 Å². The Morgan fingerprint density at radius 1 is 0.438 bits per heavy atom. The second-order valence-corrected chi connectivity index (χ2v) is 32.9. The lowest BCUT2D eigenvalue weighted by molar-refractivity contribution is -0.150. The number of fused-ring (bicyclic) bond motifs is 2. The molecule has 0 saturated carbocycles. The highest BCUT2D eigenvalue weighted by molar-refractivity contribution is 7.20. The molecule has 0 saturated heterocycles. The minimum atomic E-state index is -2.02. The number of amides is 13. The summed E-state index contributed by atoms with van der Waals surface area (Å²) < 4.78 is 109. The summed E-state index contributed by atoms with van der Waals surface area (Å²) in [6.45, 7) is -0.618. The van der Waals surface area contributed by atoms with Crippen molar-refractivity contribution < 1.29 is 203 Å². The Morgan fingerprint density at radius 2 is 0.868 bits per heavy atom. The van der Waals surface area contributed by atoms with E-state index in [-0.39, 0.29) is 208 Å². The lowest BCUT2D eigenvalue weighted by Crippen LogP contribution is -2.53. The Labute approximate surface area is 829 Å². The van der Waals surface area contributed by atoms with Gasteiger partial charge in [0.25, 0.3) is 11.8 Å². The number of halogens is 2. The highest BCUT2D eigenvalue weighted by atomic mass is 32.1. The van der Waals surface area contributed by atoms with Crippen LogP contribution in [0.5, 0.6) is 23.0 Å². The van der Waals surface area contributed by atoms with Gasteiger partial charge in [0.1, 0.15) is 61.4 Å². The molecular formula is C89H132F2N12O40S. The van der Waals surface area contributed by atoms with Crippen molar-refractivity contribution in [3.05, 3.63) is 58.0 Å². The highest BCUT2D eigenvalue weighted by Crippen LogP contribution is 2.42. The van der Waals surface area contributed by atoms with Gasteiger partial charge in [-0.25, -0.2) is 8.78 Å². The van der Waals surface area contributed by atoms with Crippen LogP contribution in [0, 0.1) is 11.6 Å². The maximum Gasteiger partial charge on any atom is 0.306 e. The van der Waals surface area contributed by atoms with Crippen LogP contribution in [0.2, 0.25) is 0 Å². The summed E-state index contributed by atoms with van der Waals surface area (Å²) in [5.41, 5.74) is 0.557. The molecule has 0 bridgehead atoms. The van der Waals surface area contributed by atoms with Gasteiger partial charge in [0.2, 0.25) is 65.0 Å². The van der Waals surface area contributed by atoms with E-state index in [4.69, 9.17) is 76.5 Å². The van der Waals surface area contributed by atoms with Crippen molar-refractivity contribution >= 4 is 116 Å². The number of aliphatic hydroxyl groups excluding tert-OH is 10. The molecular weight excluding hydrogens is 1950 g/mol.